The van der Waals surface area contributed by atoms with E-state index in [1.807, 2.05) is 0 Å². The lowest BCUT2D eigenvalue weighted by atomic mass is 9.94. The summed E-state index contributed by atoms with van der Waals surface area (Å²) in [6, 6.07) is -0.358. The molecule has 1 aliphatic rings. The predicted molar refractivity (Wildman–Crippen MR) is 76.9 cm³/mol. The van der Waals surface area contributed by atoms with E-state index in [2.05, 4.69) is 17.6 Å². The molecule has 19 heavy (non-hydrogen) atoms. The van der Waals surface area contributed by atoms with Gasteiger partial charge in [-0.05, 0) is 13.3 Å². The molecule has 3 amide bonds. The van der Waals surface area contributed by atoms with E-state index in [-0.39, 0.29) is 11.9 Å². The van der Waals surface area contributed by atoms with Crippen LogP contribution in [0.5, 0.6) is 0 Å². The third-order valence-corrected chi connectivity index (χ3v) is 3.90. The number of rotatable bonds is 10. The van der Waals surface area contributed by atoms with Gasteiger partial charge in [-0.25, -0.2) is 4.79 Å². The minimum absolute atomic E-state index is 0.183. The Morgan fingerprint density at radius 1 is 0.895 bits per heavy atom. The quantitative estimate of drug-likeness (QED) is 0.470. The first-order chi connectivity index (χ1) is 9.08. The number of urea groups is 1. The maximum Gasteiger partial charge on any atom is 0.322 e. The smallest absolute Gasteiger partial charge is 0.322 e. The summed E-state index contributed by atoms with van der Waals surface area (Å²) in [4.78, 5) is 22.7. The number of hydrogen-bond donors (Lipinski definition) is 2. The SMILES string of the molecule is CCCCCCCCCCCC1(C)NC(=O)NC1=O. The van der Waals surface area contributed by atoms with E-state index >= 15 is 0 Å². The van der Waals surface area contributed by atoms with Crippen LogP contribution in [0.1, 0.15) is 78.1 Å². The van der Waals surface area contributed by atoms with Gasteiger partial charge in [-0.3, -0.25) is 10.1 Å². The van der Waals surface area contributed by atoms with E-state index in [1.54, 1.807) is 6.92 Å². The van der Waals surface area contributed by atoms with Crippen LogP contribution < -0.4 is 10.6 Å². The lowest BCUT2D eigenvalue weighted by Gasteiger charge is -2.19. The Balaban J connectivity index is 1.99. The highest BCUT2D eigenvalue weighted by Crippen LogP contribution is 2.19. The Hall–Kier alpha value is -1.06. The van der Waals surface area contributed by atoms with Gasteiger partial charge < -0.3 is 5.32 Å². The summed E-state index contributed by atoms with van der Waals surface area (Å²) in [5.41, 5.74) is -0.682. The Bertz CT molecular complexity index is 305. The lowest BCUT2D eigenvalue weighted by Crippen LogP contribution is -2.43. The second kappa shape index (κ2) is 8.18. The van der Waals surface area contributed by atoms with Crippen molar-refractivity contribution < 1.29 is 9.59 Å². The molecule has 0 bridgehead atoms. The third-order valence-electron chi connectivity index (χ3n) is 3.90. The van der Waals surface area contributed by atoms with Gasteiger partial charge in [-0.15, -0.1) is 0 Å². The number of carbonyl (C=O) groups excluding carboxylic acids is 2. The fourth-order valence-corrected chi connectivity index (χ4v) is 2.54. The molecule has 0 aromatic carbocycles. The number of imide groups is 1. The average Bonchev–Trinajstić information content (AvgIpc) is 2.61. The van der Waals surface area contributed by atoms with E-state index in [4.69, 9.17) is 0 Å². The van der Waals surface area contributed by atoms with Crippen molar-refractivity contribution in [2.24, 2.45) is 0 Å². The monoisotopic (exact) mass is 268 g/mol. The summed E-state index contributed by atoms with van der Waals surface area (Å²) >= 11 is 0. The molecule has 0 spiro atoms. The van der Waals surface area contributed by atoms with Crippen molar-refractivity contribution in [3.8, 4) is 0 Å². The van der Waals surface area contributed by atoms with Gasteiger partial charge in [-0.1, -0.05) is 64.7 Å². The highest BCUT2D eigenvalue weighted by molar-refractivity contribution is 6.06. The normalized spacial score (nSPS) is 22.4. The van der Waals surface area contributed by atoms with Crippen LogP contribution in [0.15, 0.2) is 0 Å². The first-order valence-electron chi connectivity index (χ1n) is 7.72. The van der Waals surface area contributed by atoms with Gasteiger partial charge >= 0.3 is 6.03 Å². The second-order valence-electron chi connectivity index (χ2n) is 5.82. The van der Waals surface area contributed by atoms with Crippen molar-refractivity contribution in [3.05, 3.63) is 0 Å². The summed E-state index contributed by atoms with van der Waals surface area (Å²) in [7, 11) is 0. The molecule has 4 nitrogen and oxygen atoms in total. The van der Waals surface area contributed by atoms with E-state index in [0.29, 0.717) is 0 Å². The molecule has 1 unspecified atom stereocenters. The van der Waals surface area contributed by atoms with Crippen LogP contribution >= 0.6 is 0 Å². The minimum Gasteiger partial charge on any atom is -0.324 e. The molecular formula is C15H28N2O2. The standard InChI is InChI=1S/C15H28N2O2/c1-3-4-5-6-7-8-9-10-11-12-15(2)13(18)16-14(19)17-15/h3-12H2,1-2H3,(H2,16,17,18,19). The van der Waals surface area contributed by atoms with Crippen molar-refractivity contribution in [1.29, 1.82) is 0 Å². The first-order valence-corrected chi connectivity index (χ1v) is 7.72. The highest BCUT2D eigenvalue weighted by Gasteiger charge is 2.40. The fourth-order valence-electron chi connectivity index (χ4n) is 2.54. The Labute approximate surface area is 116 Å². The van der Waals surface area contributed by atoms with Gasteiger partial charge in [0.2, 0.25) is 0 Å². The van der Waals surface area contributed by atoms with E-state index in [9.17, 15) is 9.59 Å². The van der Waals surface area contributed by atoms with E-state index in [1.165, 1.54) is 44.9 Å². The van der Waals surface area contributed by atoms with Crippen LogP contribution in [0.3, 0.4) is 0 Å². The summed E-state index contributed by atoms with van der Waals surface area (Å²) in [5, 5.41) is 5.00. The summed E-state index contributed by atoms with van der Waals surface area (Å²) < 4.78 is 0. The fraction of sp³-hybridized carbons (Fsp3) is 0.867. The molecule has 1 aliphatic heterocycles. The van der Waals surface area contributed by atoms with Crippen molar-refractivity contribution >= 4 is 11.9 Å². The molecule has 0 aliphatic carbocycles. The van der Waals surface area contributed by atoms with Crippen molar-refractivity contribution in [3.63, 3.8) is 0 Å². The average molecular weight is 268 g/mol. The number of hydrogen-bond acceptors (Lipinski definition) is 2. The maximum absolute atomic E-state index is 11.6. The van der Waals surface area contributed by atoms with E-state index < -0.39 is 5.54 Å². The Morgan fingerprint density at radius 3 is 1.89 bits per heavy atom. The molecule has 0 saturated carbocycles. The first kappa shape index (κ1) is 16.0. The largest absolute Gasteiger partial charge is 0.324 e. The Morgan fingerprint density at radius 2 is 1.42 bits per heavy atom. The number of carbonyl (C=O) groups is 2. The molecular weight excluding hydrogens is 240 g/mol. The van der Waals surface area contributed by atoms with Crippen LogP contribution in [0.25, 0.3) is 0 Å². The van der Waals surface area contributed by atoms with Crippen molar-refractivity contribution in [1.82, 2.24) is 10.6 Å². The van der Waals surface area contributed by atoms with Gasteiger partial charge in [0.25, 0.3) is 5.91 Å². The highest BCUT2D eigenvalue weighted by atomic mass is 16.2. The number of amides is 3. The number of unbranched alkanes of at least 4 members (excludes halogenated alkanes) is 8. The molecule has 1 heterocycles. The predicted octanol–water partition coefficient (Wildman–Crippen LogP) is 3.51. The van der Waals surface area contributed by atoms with Crippen LogP contribution in [-0.2, 0) is 4.79 Å². The number of nitrogens with one attached hydrogen (secondary N) is 2. The molecule has 1 rings (SSSR count). The molecule has 1 atom stereocenters. The van der Waals surface area contributed by atoms with Crippen LogP contribution in [0.4, 0.5) is 4.79 Å². The third kappa shape index (κ3) is 5.62. The molecule has 0 aromatic heterocycles. The molecule has 0 radical (unpaired) electrons. The molecule has 1 fully saturated rings. The zero-order chi connectivity index (χ0) is 14.1. The topological polar surface area (TPSA) is 58.2 Å². The van der Waals surface area contributed by atoms with Gasteiger partial charge in [0.1, 0.15) is 5.54 Å². The summed E-state index contributed by atoms with van der Waals surface area (Å²) in [5.74, 6) is -0.183. The van der Waals surface area contributed by atoms with E-state index in [0.717, 1.165) is 19.3 Å². The lowest BCUT2D eigenvalue weighted by molar-refractivity contribution is -0.123. The Kier molecular flexibility index (Phi) is 6.89. The van der Waals surface area contributed by atoms with Crippen LogP contribution in [0.2, 0.25) is 0 Å². The zero-order valence-electron chi connectivity index (χ0n) is 12.4. The van der Waals surface area contributed by atoms with Gasteiger partial charge in [0.05, 0.1) is 0 Å². The molecule has 4 heteroatoms. The van der Waals surface area contributed by atoms with Gasteiger partial charge in [-0.2, -0.15) is 0 Å². The molecule has 1 saturated heterocycles. The van der Waals surface area contributed by atoms with Crippen LogP contribution in [0, 0.1) is 0 Å². The van der Waals surface area contributed by atoms with Gasteiger partial charge in [0, 0.05) is 0 Å². The molecule has 2 N–H and O–H groups in total. The van der Waals surface area contributed by atoms with Crippen molar-refractivity contribution in [2.75, 3.05) is 0 Å². The zero-order valence-corrected chi connectivity index (χ0v) is 12.4. The minimum atomic E-state index is -0.682. The second-order valence-corrected chi connectivity index (χ2v) is 5.82. The summed E-state index contributed by atoms with van der Waals surface area (Å²) in [6.45, 7) is 4.04. The molecule has 110 valence electrons. The summed E-state index contributed by atoms with van der Waals surface area (Å²) in [6.07, 6.45) is 12.1. The maximum atomic E-state index is 11.6. The molecule has 0 aromatic rings. The van der Waals surface area contributed by atoms with Crippen molar-refractivity contribution in [2.45, 2.75) is 83.6 Å². The van der Waals surface area contributed by atoms with Gasteiger partial charge in [0.15, 0.2) is 0 Å². The van der Waals surface area contributed by atoms with Crippen LogP contribution in [-0.4, -0.2) is 17.5 Å².